The van der Waals surface area contributed by atoms with Crippen molar-refractivity contribution in [1.29, 1.82) is 0 Å². The van der Waals surface area contributed by atoms with Gasteiger partial charge in [-0.1, -0.05) is 61.5 Å². The molecule has 0 atom stereocenters. The summed E-state index contributed by atoms with van der Waals surface area (Å²) in [6.45, 7) is 44.2. The second-order valence-electron chi connectivity index (χ2n) is 10.8. The molecule has 0 aromatic carbocycles. The smallest absolute Gasteiger partial charge is 0.125 e. The van der Waals surface area contributed by atoms with Gasteiger partial charge < -0.3 is 0 Å². The van der Waals surface area contributed by atoms with Crippen LogP contribution in [0.3, 0.4) is 0 Å². The molecule has 55 heavy (non-hydrogen) atoms. The van der Waals surface area contributed by atoms with Gasteiger partial charge in [-0.2, -0.15) is 10.2 Å². The van der Waals surface area contributed by atoms with Crippen molar-refractivity contribution in [2.24, 2.45) is 0 Å². The number of hydrogen-bond acceptors (Lipinski definition) is 8. The molecule has 0 saturated heterocycles. The monoisotopic (exact) mass is 1190 g/mol. The third-order valence-electron chi connectivity index (χ3n) is 7.26. The summed E-state index contributed by atoms with van der Waals surface area (Å²) in [4.78, 5) is 24.9. The molecule has 0 saturated carbocycles. The van der Waals surface area contributed by atoms with Crippen molar-refractivity contribution in [2.75, 3.05) is 0 Å². The Morgan fingerprint density at radius 2 is 0.782 bits per heavy atom. The van der Waals surface area contributed by atoms with E-state index in [0.717, 1.165) is 51.4 Å². The molecule has 0 aliphatic carbocycles. The van der Waals surface area contributed by atoms with Gasteiger partial charge in [-0.25, -0.2) is 9.97 Å². The molecule has 307 valence electrons. The summed E-state index contributed by atoms with van der Waals surface area (Å²) in [5.74, 6) is 0.862. The number of aromatic nitrogens is 8. The molecule has 5 aromatic heterocycles. The summed E-state index contributed by atoms with van der Waals surface area (Å²) in [7, 11) is 0. The van der Waals surface area contributed by atoms with Gasteiger partial charge in [-0.05, 0) is 143 Å². The third-order valence-corrected chi connectivity index (χ3v) is 7.26. The molecule has 5 heterocycles. The van der Waals surface area contributed by atoms with Crippen LogP contribution in [0.2, 0.25) is 0 Å². The first-order valence-electron chi connectivity index (χ1n) is 18.7. The second kappa shape index (κ2) is 43.0. The molecule has 0 unspecified atom stereocenters. The molecule has 0 spiro atoms. The van der Waals surface area contributed by atoms with Gasteiger partial charge in [-0.15, -0.1) is 0 Å². The van der Waals surface area contributed by atoms with Gasteiger partial charge in [0.2, 0.25) is 0 Å². The van der Waals surface area contributed by atoms with Crippen LogP contribution < -0.4 is 0 Å². The minimum atomic E-state index is 0. The van der Waals surface area contributed by atoms with E-state index in [1.54, 1.807) is 18.6 Å². The SMILES string of the molecule is CC.CC.CC.CC.Cc1ccc(C)c(C)n1.Cc1ccnc(C)c1C.Cc1ccnnc1C.Cc1nc(C)c(C)c(C)n1.Cc1nccnc1C.[3HH].[U].[V].[W]. The van der Waals surface area contributed by atoms with Crippen molar-refractivity contribution in [2.45, 2.75) is 152 Å². The van der Waals surface area contributed by atoms with E-state index >= 15 is 0 Å². The molecule has 8 nitrogen and oxygen atoms in total. The molecule has 1 radical (unpaired) electrons. The molecular formula is C44H76N8UVW. The molecule has 11 heteroatoms. The Morgan fingerprint density at radius 1 is 0.382 bits per heavy atom. The van der Waals surface area contributed by atoms with E-state index in [1.807, 2.05) is 156 Å². The summed E-state index contributed by atoms with van der Waals surface area (Å²) in [6.07, 6.45) is 6.94. The number of aryl methyl sites for hydroxylation is 12. The number of hydrogen-bond donors (Lipinski definition) is 0. The zero-order chi connectivity index (χ0) is 41.4. The van der Waals surface area contributed by atoms with Crippen LogP contribution in [-0.2, 0) is 39.6 Å². The van der Waals surface area contributed by atoms with Gasteiger partial charge in [0.1, 0.15) is 5.82 Å². The Balaban J connectivity index is -0.0000000806. The molecule has 0 aliphatic heterocycles. The predicted molar refractivity (Wildman–Crippen MR) is 228 cm³/mol. The zero-order valence-corrected chi connectivity index (χ0v) is 47.0. The number of rotatable bonds is 0. The topological polar surface area (TPSA) is 103 Å². The maximum absolute atomic E-state index is 4.27. The first-order valence-corrected chi connectivity index (χ1v) is 18.7. The van der Waals surface area contributed by atoms with Crippen molar-refractivity contribution in [3.05, 3.63) is 128 Å². The van der Waals surface area contributed by atoms with Crippen LogP contribution in [0.1, 0.15) is 136 Å². The van der Waals surface area contributed by atoms with Gasteiger partial charge in [0.05, 0.1) is 17.1 Å². The Labute approximate surface area is 389 Å². The summed E-state index contributed by atoms with van der Waals surface area (Å²) in [6, 6.07) is 8.10. The van der Waals surface area contributed by atoms with E-state index in [1.165, 1.54) is 27.8 Å². The quantitative estimate of drug-likeness (QED) is 0.151. The minimum absolute atomic E-state index is 0. The fraction of sp³-hybridized carbons (Fsp3) is 0.500. The van der Waals surface area contributed by atoms with Crippen molar-refractivity contribution < 1.29 is 72.2 Å². The van der Waals surface area contributed by atoms with Crippen molar-refractivity contribution in [3.63, 3.8) is 0 Å². The van der Waals surface area contributed by atoms with Gasteiger partial charge in [0.25, 0.3) is 0 Å². The van der Waals surface area contributed by atoms with Crippen LogP contribution in [-0.4, -0.2) is 40.1 Å². The minimum Gasteiger partial charge on any atom is -0.261 e. The van der Waals surface area contributed by atoms with E-state index in [2.05, 4.69) is 66.9 Å². The summed E-state index contributed by atoms with van der Waals surface area (Å²) in [5, 5.41) is 7.52. The van der Waals surface area contributed by atoms with Gasteiger partial charge in [0.15, 0.2) is 0 Å². The average Bonchev–Trinajstić information content (AvgIpc) is 3.15. The Kier molecular flexibility index (Phi) is 52.8. The average molecular weight is 1190 g/mol. The van der Waals surface area contributed by atoms with E-state index in [9.17, 15) is 0 Å². The predicted octanol–water partition coefficient (Wildman–Crippen LogP) is 12.3. The second-order valence-corrected chi connectivity index (χ2v) is 10.8. The summed E-state index contributed by atoms with van der Waals surface area (Å²) >= 11 is 0. The zero-order valence-electron chi connectivity index (χ0n) is 38.6. The normalized spacial score (nSPS) is 8.11. The maximum Gasteiger partial charge on any atom is 0.125 e. The van der Waals surface area contributed by atoms with Crippen LogP contribution in [0.15, 0.2) is 49.1 Å². The van der Waals surface area contributed by atoms with E-state index < -0.39 is 0 Å². The van der Waals surface area contributed by atoms with Crippen LogP contribution in [0.4, 0.5) is 0 Å². The maximum atomic E-state index is 4.27. The molecule has 0 fully saturated rings. The fourth-order valence-corrected chi connectivity index (χ4v) is 3.41. The first-order chi connectivity index (χ1) is 24.6. The molecule has 0 amide bonds. The number of nitrogens with zero attached hydrogens (tertiary/aromatic N) is 8. The molecule has 5 rings (SSSR count). The Hall–Kier alpha value is -2.14. The molecule has 0 bridgehead atoms. The van der Waals surface area contributed by atoms with E-state index in [0.29, 0.717) is 0 Å². The van der Waals surface area contributed by atoms with Gasteiger partial charge >= 0.3 is 0 Å². The third kappa shape index (κ3) is 32.6. The number of pyridine rings is 2. The van der Waals surface area contributed by atoms with Gasteiger partial charge in [-0.3, -0.25) is 19.9 Å². The molecule has 0 N–H and O–H groups in total. The van der Waals surface area contributed by atoms with Crippen molar-refractivity contribution in [1.82, 2.24) is 40.1 Å². The van der Waals surface area contributed by atoms with Crippen molar-refractivity contribution in [3.8, 4) is 0 Å². The van der Waals surface area contributed by atoms with E-state index in [-0.39, 0.29) is 72.2 Å². The summed E-state index contributed by atoms with van der Waals surface area (Å²) < 4.78 is 0. The van der Waals surface area contributed by atoms with Gasteiger partial charge in [0, 0.05) is 125 Å². The standard InChI is InChI=1S/C8H12N2.2C8H11N.2C6H8N2.4C2H6.U.V.W.H2/c1-5-6(2)9-8(4)10-7(5)3;1-6-4-5-9-8(3)7(6)2;1-6-4-5-7(2)9-8(6)3;1-5-6(2)8-4-3-7-5;1-5-3-4-7-8-6(5)2;4*1-2;;;;/h1-4H3;2*4-5H,1-3H3;2*3-4H,1-2H3;4*1-2H3;;;;1H/i;;;;;;;;;;;;1+2. The molecule has 0 aliphatic rings. The molecule has 5 aromatic rings. The fourth-order valence-electron chi connectivity index (χ4n) is 3.41. The van der Waals surface area contributed by atoms with Crippen LogP contribution in [0.25, 0.3) is 0 Å². The first kappa shape index (κ1) is 67.6. The van der Waals surface area contributed by atoms with Crippen LogP contribution in [0.5, 0.6) is 0 Å². The van der Waals surface area contributed by atoms with Crippen molar-refractivity contribution >= 4 is 0 Å². The summed E-state index contributed by atoms with van der Waals surface area (Å²) in [5.41, 5.74) is 14.8. The Bertz CT molecular complexity index is 1510. The molecular weight excluding hydrogens is 1110 g/mol. The van der Waals surface area contributed by atoms with Crippen LogP contribution >= 0.6 is 0 Å². The Morgan fingerprint density at radius 3 is 1.09 bits per heavy atom. The van der Waals surface area contributed by atoms with E-state index in [4.69, 9.17) is 0 Å². The van der Waals surface area contributed by atoms with Crippen LogP contribution in [0, 0.1) is 128 Å². The largest absolute Gasteiger partial charge is 0.261 e.